The molecule has 0 amide bonds. The van der Waals surface area contributed by atoms with Crippen LogP contribution in [-0.4, -0.2) is 18.0 Å². The molecule has 1 nitrogen and oxygen atoms in total. The van der Waals surface area contributed by atoms with Crippen LogP contribution in [0.25, 0.3) is 0 Å². The molecule has 0 saturated carbocycles. The molecule has 0 aromatic carbocycles. The third kappa shape index (κ3) is 1.98. The van der Waals surface area contributed by atoms with E-state index in [1.165, 1.54) is 25.0 Å². The van der Waals surface area contributed by atoms with Crippen LogP contribution in [-0.2, 0) is 0 Å². The van der Waals surface area contributed by atoms with Gasteiger partial charge in [0.15, 0.2) is 0 Å². The molecule has 0 aromatic heterocycles. The molecule has 0 N–H and O–H groups in total. The zero-order valence-corrected chi connectivity index (χ0v) is 7.93. The Labute approximate surface area is 70.1 Å². The van der Waals surface area contributed by atoms with Crippen molar-refractivity contribution in [3.8, 4) is 0 Å². The lowest BCUT2D eigenvalue weighted by atomic mass is 10.0. The second kappa shape index (κ2) is 3.29. The van der Waals surface area contributed by atoms with E-state index < -0.39 is 0 Å². The third-order valence-corrected chi connectivity index (χ3v) is 2.56. The molecule has 1 atom stereocenters. The van der Waals surface area contributed by atoms with Gasteiger partial charge in [0.2, 0.25) is 0 Å². The van der Waals surface area contributed by atoms with Crippen LogP contribution in [0.15, 0.2) is 12.3 Å². The fourth-order valence-corrected chi connectivity index (χ4v) is 1.78. The first-order valence-electron chi connectivity index (χ1n) is 4.52. The maximum Gasteiger partial charge on any atom is 0.0289 e. The van der Waals surface area contributed by atoms with Gasteiger partial charge in [-0.2, -0.15) is 0 Å². The third-order valence-electron chi connectivity index (χ3n) is 2.56. The SMILES string of the molecule is C=C1CC[C@@H](CC(C)C)N1C. The molecule has 0 aromatic rings. The lowest BCUT2D eigenvalue weighted by Gasteiger charge is -2.23. The summed E-state index contributed by atoms with van der Waals surface area (Å²) in [5.74, 6) is 0.813. The number of rotatable bonds is 2. The highest BCUT2D eigenvalue weighted by Crippen LogP contribution is 2.27. The Hall–Kier alpha value is -0.460. The highest BCUT2D eigenvalue weighted by atomic mass is 15.2. The summed E-state index contributed by atoms with van der Waals surface area (Å²) in [5.41, 5.74) is 1.32. The number of allylic oxidation sites excluding steroid dienone is 1. The van der Waals surface area contributed by atoms with E-state index in [1.807, 2.05) is 0 Å². The van der Waals surface area contributed by atoms with Crippen LogP contribution >= 0.6 is 0 Å². The van der Waals surface area contributed by atoms with E-state index in [0.717, 1.165) is 12.0 Å². The summed E-state index contributed by atoms with van der Waals surface area (Å²) in [6.07, 6.45) is 3.83. The minimum atomic E-state index is 0.766. The second-order valence-corrected chi connectivity index (χ2v) is 4.00. The average molecular weight is 153 g/mol. The predicted molar refractivity (Wildman–Crippen MR) is 49.4 cm³/mol. The smallest absolute Gasteiger partial charge is 0.0289 e. The lowest BCUT2D eigenvalue weighted by Crippen LogP contribution is -2.24. The van der Waals surface area contributed by atoms with Crippen molar-refractivity contribution in [2.24, 2.45) is 5.92 Å². The first-order valence-corrected chi connectivity index (χ1v) is 4.52. The van der Waals surface area contributed by atoms with Gasteiger partial charge in [0.25, 0.3) is 0 Å². The standard InChI is InChI=1S/C10H19N/c1-8(2)7-10-6-5-9(3)11(10)4/h8,10H,3,5-7H2,1-2,4H3/t10-/m0/s1. The molecule has 0 aliphatic carbocycles. The van der Waals surface area contributed by atoms with E-state index in [-0.39, 0.29) is 0 Å². The molecule has 0 bridgehead atoms. The number of hydrogen-bond acceptors (Lipinski definition) is 1. The van der Waals surface area contributed by atoms with Gasteiger partial charge in [0.05, 0.1) is 0 Å². The summed E-state index contributed by atoms with van der Waals surface area (Å²) in [6, 6.07) is 0.766. The van der Waals surface area contributed by atoms with Crippen LogP contribution in [0, 0.1) is 5.92 Å². The van der Waals surface area contributed by atoms with Crippen molar-refractivity contribution in [3.05, 3.63) is 12.3 Å². The largest absolute Gasteiger partial charge is 0.375 e. The van der Waals surface area contributed by atoms with Gasteiger partial charge in [-0.1, -0.05) is 20.4 Å². The Bertz CT molecular complexity index is 149. The van der Waals surface area contributed by atoms with E-state index in [4.69, 9.17) is 0 Å². The fourth-order valence-electron chi connectivity index (χ4n) is 1.78. The summed E-state index contributed by atoms with van der Waals surface area (Å²) in [4.78, 5) is 2.35. The Kier molecular flexibility index (Phi) is 2.58. The monoisotopic (exact) mass is 153 g/mol. The molecule has 1 fully saturated rings. The highest BCUT2D eigenvalue weighted by molar-refractivity contribution is 5.02. The van der Waals surface area contributed by atoms with Crippen molar-refractivity contribution >= 4 is 0 Å². The minimum absolute atomic E-state index is 0.766. The van der Waals surface area contributed by atoms with Crippen molar-refractivity contribution in [2.45, 2.75) is 39.2 Å². The number of hydrogen-bond donors (Lipinski definition) is 0. The molecule has 1 aliphatic rings. The molecular formula is C10H19N. The van der Waals surface area contributed by atoms with Crippen LogP contribution in [0.3, 0.4) is 0 Å². The van der Waals surface area contributed by atoms with Gasteiger partial charge in [-0.05, 0) is 25.2 Å². The van der Waals surface area contributed by atoms with Crippen molar-refractivity contribution in [1.29, 1.82) is 0 Å². The van der Waals surface area contributed by atoms with E-state index in [1.54, 1.807) is 0 Å². The fraction of sp³-hybridized carbons (Fsp3) is 0.800. The van der Waals surface area contributed by atoms with E-state index >= 15 is 0 Å². The Morgan fingerprint density at radius 3 is 2.64 bits per heavy atom. The van der Waals surface area contributed by atoms with E-state index in [0.29, 0.717) is 0 Å². The maximum atomic E-state index is 4.02. The van der Waals surface area contributed by atoms with Crippen LogP contribution < -0.4 is 0 Å². The molecule has 1 heterocycles. The van der Waals surface area contributed by atoms with Crippen LogP contribution in [0.4, 0.5) is 0 Å². The molecule has 1 rings (SSSR count). The van der Waals surface area contributed by atoms with Crippen LogP contribution in [0.2, 0.25) is 0 Å². The van der Waals surface area contributed by atoms with Crippen molar-refractivity contribution in [3.63, 3.8) is 0 Å². The molecule has 0 radical (unpaired) electrons. The van der Waals surface area contributed by atoms with Crippen LogP contribution in [0.1, 0.15) is 33.1 Å². The Balaban J connectivity index is 2.42. The molecule has 1 aliphatic heterocycles. The Morgan fingerprint density at radius 2 is 2.27 bits per heavy atom. The first-order chi connectivity index (χ1) is 5.11. The molecule has 0 spiro atoms. The van der Waals surface area contributed by atoms with Crippen molar-refractivity contribution in [1.82, 2.24) is 4.90 Å². The van der Waals surface area contributed by atoms with Gasteiger partial charge in [-0.3, -0.25) is 0 Å². The molecule has 11 heavy (non-hydrogen) atoms. The second-order valence-electron chi connectivity index (χ2n) is 4.00. The minimum Gasteiger partial charge on any atom is -0.375 e. The number of likely N-dealkylation sites (tertiary alicyclic amines) is 1. The van der Waals surface area contributed by atoms with Gasteiger partial charge < -0.3 is 4.90 Å². The van der Waals surface area contributed by atoms with Gasteiger partial charge in [0, 0.05) is 18.8 Å². The average Bonchev–Trinajstić information content (AvgIpc) is 2.18. The van der Waals surface area contributed by atoms with Crippen molar-refractivity contribution in [2.75, 3.05) is 7.05 Å². The molecular weight excluding hydrogens is 134 g/mol. The first kappa shape index (κ1) is 8.63. The van der Waals surface area contributed by atoms with Crippen molar-refractivity contribution < 1.29 is 0 Å². The maximum absolute atomic E-state index is 4.02. The lowest BCUT2D eigenvalue weighted by molar-refractivity contribution is 0.304. The summed E-state index contributed by atoms with van der Waals surface area (Å²) < 4.78 is 0. The summed E-state index contributed by atoms with van der Waals surface area (Å²) >= 11 is 0. The van der Waals surface area contributed by atoms with E-state index in [2.05, 4.69) is 32.4 Å². The summed E-state index contributed by atoms with van der Waals surface area (Å²) in [7, 11) is 2.17. The van der Waals surface area contributed by atoms with Gasteiger partial charge in [-0.15, -0.1) is 0 Å². The highest BCUT2D eigenvalue weighted by Gasteiger charge is 2.23. The van der Waals surface area contributed by atoms with E-state index in [9.17, 15) is 0 Å². The summed E-state index contributed by atoms with van der Waals surface area (Å²) in [5, 5.41) is 0. The zero-order chi connectivity index (χ0) is 8.43. The zero-order valence-electron chi connectivity index (χ0n) is 7.93. The molecule has 0 unspecified atom stereocenters. The summed E-state index contributed by atoms with van der Waals surface area (Å²) in [6.45, 7) is 8.59. The predicted octanol–water partition coefficient (Wildman–Crippen LogP) is 2.64. The normalized spacial score (nSPS) is 25.3. The Morgan fingerprint density at radius 1 is 1.64 bits per heavy atom. The topological polar surface area (TPSA) is 3.24 Å². The van der Waals surface area contributed by atoms with Crippen LogP contribution in [0.5, 0.6) is 0 Å². The van der Waals surface area contributed by atoms with Gasteiger partial charge in [0.1, 0.15) is 0 Å². The van der Waals surface area contributed by atoms with Gasteiger partial charge >= 0.3 is 0 Å². The molecule has 1 saturated heterocycles. The molecule has 1 heteroatoms. The number of nitrogens with zero attached hydrogens (tertiary/aromatic N) is 1. The quantitative estimate of drug-likeness (QED) is 0.589. The molecule has 64 valence electrons. The van der Waals surface area contributed by atoms with Gasteiger partial charge in [-0.25, -0.2) is 0 Å².